The number of halogens is 4. The zero-order valence-corrected chi connectivity index (χ0v) is 19.3. The number of amidine groups is 1. The molecule has 1 N–H and O–H groups in total. The van der Waals surface area contributed by atoms with Gasteiger partial charge in [0.15, 0.2) is 11.7 Å². The molecule has 1 unspecified atom stereocenters. The Bertz CT molecular complexity index is 1120. The second kappa shape index (κ2) is 9.63. The van der Waals surface area contributed by atoms with Crippen LogP contribution < -0.4 is 5.32 Å². The molecule has 1 aromatic carbocycles. The highest BCUT2D eigenvalue weighted by molar-refractivity contribution is 9.10. The second-order valence-corrected chi connectivity index (χ2v) is 9.06. The van der Waals surface area contributed by atoms with Crippen LogP contribution in [0.2, 0.25) is 0 Å². The number of rotatable bonds is 5. The summed E-state index contributed by atoms with van der Waals surface area (Å²) in [6.45, 7) is 1.17. The number of pyridine rings is 1. The van der Waals surface area contributed by atoms with Crippen LogP contribution in [0.3, 0.4) is 0 Å². The highest BCUT2D eigenvalue weighted by Crippen LogP contribution is 2.37. The molecule has 3 heterocycles. The van der Waals surface area contributed by atoms with E-state index in [1.54, 1.807) is 11.8 Å². The van der Waals surface area contributed by atoms with Crippen molar-refractivity contribution in [2.75, 3.05) is 31.8 Å². The number of hydrogen-bond acceptors (Lipinski definition) is 7. The van der Waals surface area contributed by atoms with E-state index in [2.05, 4.69) is 36.1 Å². The summed E-state index contributed by atoms with van der Waals surface area (Å²) in [5.74, 6) is -1.05. The third kappa shape index (κ3) is 4.69. The van der Waals surface area contributed by atoms with E-state index in [1.807, 2.05) is 0 Å². The largest absolute Gasteiger partial charge is 0.466 e. The van der Waals surface area contributed by atoms with E-state index in [0.717, 1.165) is 24.4 Å². The van der Waals surface area contributed by atoms with Crippen molar-refractivity contribution in [3.63, 3.8) is 0 Å². The highest BCUT2D eigenvalue weighted by atomic mass is 79.9. The molecular formula is C21H18BrF3N4O2S. The molecule has 168 valence electrons. The minimum atomic E-state index is -0.926. The number of thioether (sulfide) groups is 1. The van der Waals surface area contributed by atoms with Crippen molar-refractivity contribution < 1.29 is 22.7 Å². The Balaban J connectivity index is 1.87. The van der Waals surface area contributed by atoms with Gasteiger partial charge >= 0.3 is 5.97 Å². The average molecular weight is 527 g/mol. The Labute approximate surface area is 195 Å². The summed E-state index contributed by atoms with van der Waals surface area (Å²) in [6.07, 6.45) is 0.891. The molecule has 1 atom stereocenters. The monoisotopic (exact) mass is 526 g/mol. The number of nitrogens with one attached hydrogen (secondary N) is 1. The Kier molecular flexibility index (Phi) is 6.87. The van der Waals surface area contributed by atoms with Gasteiger partial charge in [-0.2, -0.15) is 0 Å². The minimum Gasteiger partial charge on any atom is -0.466 e. The van der Waals surface area contributed by atoms with Crippen molar-refractivity contribution in [2.45, 2.75) is 6.04 Å². The Morgan fingerprint density at radius 3 is 2.78 bits per heavy atom. The van der Waals surface area contributed by atoms with Crippen molar-refractivity contribution in [1.29, 1.82) is 0 Å². The topological polar surface area (TPSA) is 66.8 Å². The summed E-state index contributed by atoms with van der Waals surface area (Å²) in [5.41, 5.74) is 0.993. The normalized spacial score (nSPS) is 19.0. The zero-order valence-electron chi connectivity index (χ0n) is 16.9. The Morgan fingerprint density at radius 2 is 2.12 bits per heavy atom. The van der Waals surface area contributed by atoms with E-state index in [9.17, 15) is 18.0 Å². The lowest BCUT2D eigenvalue weighted by molar-refractivity contribution is -0.136. The molecule has 0 amide bonds. The number of carbonyl (C=O) groups excluding carboxylic acids is 1. The first-order valence-electron chi connectivity index (χ1n) is 9.60. The number of aliphatic imine (C=N–C) groups is 1. The molecule has 0 aliphatic carbocycles. The van der Waals surface area contributed by atoms with Gasteiger partial charge in [0.05, 0.1) is 18.9 Å². The van der Waals surface area contributed by atoms with E-state index >= 15 is 0 Å². The molecule has 0 spiro atoms. The summed E-state index contributed by atoms with van der Waals surface area (Å²) in [5, 5.41) is 3.02. The van der Waals surface area contributed by atoms with Crippen LogP contribution in [0.4, 0.5) is 13.2 Å². The molecule has 2 aromatic rings. The first kappa shape index (κ1) is 22.8. The van der Waals surface area contributed by atoms with Crippen LogP contribution in [0.25, 0.3) is 0 Å². The van der Waals surface area contributed by atoms with Gasteiger partial charge in [-0.05, 0) is 17.7 Å². The molecule has 0 radical (unpaired) electrons. The smallest absolute Gasteiger partial charge is 0.338 e. The molecule has 1 aromatic heterocycles. The van der Waals surface area contributed by atoms with Crippen molar-refractivity contribution in [1.82, 2.24) is 15.2 Å². The van der Waals surface area contributed by atoms with Gasteiger partial charge in [0.2, 0.25) is 0 Å². The van der Waals surface area contributed by atoms with Gasteiger partial charge in [0.1, 0.15) is 23.4 Å². The molecule has 0 bridgehead atoms. The number of carbonyl (C=O) groups is 1. The molecule has 4 rings (SSSR count). The highest BCUT2D eigenvalue weighted by Gasteiger charge is 2.35. The molecule has 11 heteroatoms. The van der Waals surface area contributed by atoms with Gasteiger partial charge in [-0.1, -0.05) is 22.0 Å². The van der Waals surface area contributed by atoms with E-state index in [-0.39, 0.29) is 17.1 Å². The summed E-state index contributed by atoms with van der Waals surface area (Å²) in [6, 6.07) is 3.79. The van der Waals surface area contributed by atoms with Gasteiger partial charge in [-0.3, -0.25) is 9.89 Å². The number of aromatic nitrogens is 1. The maximum atomic E-state index is 14.5. The lowest BCUT2D eigenvalue weighted by atomic mass is 9.95. The van der Waals surface area contributed by atoms with Crippen LogP contribution in [-0.2, 0) is 9.53 Å². The third-order valence-electron chi connectivity index (χ3n) is 5.03. The number of ether oxygens (including phenoxy) is 1. The SMILES string of the molecule is COC(=O)C1=C(CN2CCSC2)NC(c2ncc(F)cc2F)=NC1c1ccc(F)cc1Br. The predicted octanol–water partition coefficient (Wildman–Crippen LogP) is 3.79. The predicted molar refractivity (Wildman–Crippen MR) is 119 cm³/mol. The van der Waals surface area contributed by atoms with E-state index < -0.39 is 29.5 Å². The zero-order chi connectivity index (χ0) is 22.8. The van der Waals surface area contributed by atoms with Crippen molar-refractivity contribution >= 4 is 39.5 Å². The molecule has 2 aliphatic rings. The standard InChI is InChI=1S/C21H18BrF3N4O2S/c1-31-21(30)17-16(9-29-4-5-32-10-29)27-20(19-15(25)7-12(24)8-26-19)28-18(17)13-3-2-11(23)6-14(13)22/h2-3,6-8,18H,4-5,9-10H2,1H3,(H,27,28). The lowest BCUT2D eigenvalue weighted by Gasteiger charge is -2.29. The van der Waals surface area contributed by atoms with E-state index in [1.165, 1.54) is 25.3 Å². The minimum absolute atomic E-state index is 0.0400. The average Bonchev–Trinajstić information content (AvgIpc) is 3.26. The molecule has 2 aliphatic heterocycles. The fourth-order valence-corrected chi connectivity index (χ4v) is 5.09. The molecular weight excluding hydrogens is 509 g/mol. The molecule has 32 heavy (non-hydrogen) atoms. The summed E-state index contributed by atoms with van der Waals surface area (Å²) in [4.78, 5) is 23.3. The van der Waals surface area contributed by atoms with Crippen molar-refractivity contribution in [3.05, 3.63) is 74.9 Å². The molecule has 1 fully saturated rings. The van der Waals surface area contributed by atoms with Crippen LogP contribution in [0.15, 0.2) is 51.2 Å². The van der Waals surface area contributed by atoms with Gasteiger partial charge in [0, 0.05) is 41.0 Å². The number of hydrogen-bond donors (Lipinski definition) is 1. The fourth-order valence-electron chi connectivity index (χ4n) is 3.53. The van der Waals surface area contributed by atoms with E-state index in [0.29, 0.717) is 28.3 Å². The number of nitrogens with zero attached hydrogens (tertiary/aromatic N) is 3. The van der Waals surface area contributed by atoms with Gasteiger partial charge in [-0.15, -0.1) is 11.8 Å². The molecule has 0 saturated carbocycles. The molecule has 6 nitrogen and oxygen atoms in total. The van der Waals surface area contributed by atoms with Gasteiger partial charge in [0.25, 0.3) is 0 Å². The number of methoxy groups -OCH3 is 1. The second-order valence-electron chi connectivity index (χ2n) is 7.13. The van der Waals surface area contributed by atoms with Crippen LogP contribution in [0.1, 0.15) is 17.3 Å². The van der Waals surface area contributed by atoms with Crippen molar-refractivity contribution in [3.8, 4) is 0 Å². The first-order chi connectivity index (χ1) is 15.4. The first-order valence-corrected chi connectivity index (χ1v) is 11.5. The Morgan fingerprint density at radius 1 is 1.31 bits per heavy atom. The summed E-state index contributed by atoms with van der Waals surface area (Å²) < 4.78 is 47.1. The number of esters is 1. The maximum absolute atomic E-state index is 14.5. The van der Waals surface area contributed by atoms with Crippen LogP contribution >= 0.6 is 27.7 Å². The van der Waals surface area contributed by atoms with Crippen LogP contribution in [-0.4, -0.2) is 53.5 Å². The maximum Gasteiger partial charge on any atom is 0.338 e. The van der Waals surface area contributed by atoms with Crippen molar-refractivity contribution in [2.24, 2.45) is 4.99 Å². The fraction of sp³-hybridized carbons (Fsp3) is 0.286. The van der Waals surface area contributed by atoms with Crippen LogP contribution in [0.5, 0.6) is 0 Å². The van der Waals surface area contributed by atoms with Gasteiger partial charge in [-0.25, -0.2) is 22.9 Å². The summed E-state index contributed by atoms with van der Waals surface area (Å²) in [7, 11) is 1.26. The third-order valence-corrected chi connectivity index (χ3v) is 6.73. The summed E-state index contributed by atoms with van der Waals surface area (Å²) >= 11 is 5.09. The Hall–Kier alpha value is -2.37. The number of benzene rings is 1. The van der Waals surface area contributed by atoms with E-state index in [4.69, 9.17) is 4.74 Å². The molecule has 1 saturated heterocycles. The van der Waals surface area contributed by atoms with Crippen LogP contribution in [0, 0.1) is 17.5 Å². The van der Waals surface area contributed by atoms with Gasteiger partial charge < -0.3 is 10.1 Å². The quantitative estimate of drug-likeness (QED) is 0.598. The lowest BCUT2D eigenvalue weighted by Crippen LogP contribution is -2.39.